The fourth-order valence-electron chi connectivity index (χ4n) is 4.00. The molecule has 1 saturated heterocycles. The minimum absolute atomic E-state index is 0.0158. The molecule has 0 spiro atoms. The summed E-state index contributed by atoms with van der Waals surface area (Å²) in [4.78, 5) is 27.1. The predicted octanol–water partition coefficient (Wildman–Crippen LogP) is 1.29. The van der Waals surface area contributed by atoms with Crippen LogP contribution in [0.1, 0.15) is 54.4 Å². The summed E-state index contributed by atoms with van der Waals surface area (Å²) in [6.45, 7) is 3.14. The average Bonchev–Trinajstić information content (AvgIpc) is 2.89. The van der Waals surface area contributed by atoms with Crippen molar-refractivity contribution in [3.8, 4) is 0 Å². The predicted molar refractivity (Wildman–Crippen MR) is 87.2 cm³/mol. The van der Waals surface area contributed by atoms with Gasteiger partial charge in [-0.2, -0.15) is 5.10 Å². The molecule has 1 fully saturated rings. The molecule has 6 heteroatoms. The number of carbonyl (C=O) groups excluding carboxylic acids is 2. The third-order valence-corrected chi connectivity index (χ3v) is 5.28. The molecule has 2 aliphatic rings. The molecule has 1 N–H and O–H groups in total. The van der Waals surface area contributed by atoms with Crippen molar-refractivity contribution in [2.75, 3.05) is 20.1 Å². The van der Waals surface area contributed by atoms with E-state index in [1.165, 1.54) is 0 Å². The summed E-state index contributed by atoms with van der Waals surface area (Å²) in [5.41, 5.74) is 2.42. The van der Waals surface area contributed by atoms with Gasteiger partial charge in [-0.1, -0.05) is 0 Å². The lowest BCUT2D eigenvalue weighted by Gasteiger charge is -2.39. The Hall–Kier alpha value is -1.85. The number of rotatable bonds is 2. The molecule has 1 aliphatic heterocycles. The van der Waals surface area contributed by atoms with Crippen LogP contribution < -0.4 is 5.32 Å². The molecular weight excluding hydrogens is 292 g/mol. The molecule has 2 amide bonds. The zero-order valence-corrected chi connectivity index (χ0v) is 14.3. The molecule has 1 aromatic rings. The maximum atomic E-state index is 13.1. The number of hydrogen-bond donors (Lipinski definition) is 1. The van der Waals surface area contributed by atoms with E-state index in [4.69, 9.17) is 0 Å². The van der Waals surface area contributed by atoms with Crippen LogP contribution in [0.2, 0.25) is 0 Å². The molecular formula is C17H26N4O2. The van der Waals surface area contributed by atoms with Crippen LogP contribution in [-0.2, 0) is 24.7 Å². The Balaban J connectivity index is 1.86. The maximum absolute atomic E-state index is 13.1. The number of aromatic nitrogens is 2. The second-order valence-corrected chi connectivity index (χ2v) is 7.07. The quantitative estimate of drug-likeness (QED) is 0.893. The van der Waals surface area contributed by atoms with Gasteiger partial charge in [0.15, 0.2) is 0 Å². The van der Waals surface area contributed by atoms with Crippen LogP contribution in [0.3, 0.4) is 0 Å². The highest BCUT2D eigenvalue weighted by Gasteiger charge is 2.40. The number of nitrogens with one attached hydrogen (secondary N) is 1. The van der Waals surface area contributed by atoms with Crippen molar-refractivity contribution in [2.45, 2.75) is 45.4 Å². The highest BCUT2D eigenvalue weighted by Crippen LogP contribution is 2.32. The van der Waals surface area contributed by atoms with Gasteiger partial charge in [0, 0.05) is 32.7 Å². The number of fused-ring (bicyclic) bond motifs is 1. The monoisotopic (exact) mass is 318 g/mol. The first-order valence-electron chi connectivity index (χ1n) is 8.52. The molecule has 1 aliphatic carbocycles. The third kappa shape index (κ3) is 2.75. The molecule has 0 radical (unpaired) electrons. The topological polar surface area (TPSA) is 67.2 Å². The molecule has 0 unspecified atom stereocenters. The van der Waals surface area contributed by atoms with Crippen LogP contribution in [0.15, 0.2) is 0 Å². The van der Waals surface area contributed by atoms with Gasteiger partial charge in [-0.3, -0.25) is 14.3 Å². The van der Waals surface area contributed by atoms with Crippen molar-refractivity contribution >= 4 is 11.8 Å². The number of aryl methyl sites for hydroxylation is 2. The molecule has 3 rings (SSSR count). The van der Waals surface area contributed by atoms with E-state index in [1.807, 2.05) is 18.9 Å². The Labute approximate surface area is 137 Å². The second kappa shape index (κ2) is 5.98. The van der Waals surface area contributed by atoms with Crippen LogP contribution >= 0.6 is 0 Å². The molecule has 1 aromatic heterocycles. The molecule has 6 nitrogen and oxygen atoms in total. The van der Waals surface area contributed by atoms with Gasteiger partial charge in [0.25, 0.3) is 5.91 Å². The van der Waals surface area contributed by atoms with Crippen LogP contribution in [0.4, 0.5) is 0 Å². The first kappa shape index (κ1) is 16.0. The van der Waals surface area contributed by atoms with E-state index >= 15 is 0 Å². The molecule has 0 bridgehead atoms. The lowest BCUT2D eigenvalue weighted by molar-refractivity contribution is -0.132. The number of carbonyl (C=O) groups is 2. The second-order valence-electron chi connectivity index (χ2n) is 7.07. The highest BCUT2D eigenvalue weighted by molar-refractivity contribution is 5.95. The molecule has 23 heavy (non-hydrogen) atoms. The Morgan fingerprint density at radius 2 is 1.96 bits per heavy atom. The summed E-state index contributed by atoms with van der Waals surface area (Å²) < 4.78 is 1.74. The number of piperidine rings is 1. The first-order valence-corrected chi connectivity index (χ1v) is 8.52. The van der Waals surface area contributed by atoms with E-state index in [2.05, 4.69) is 10.4 Å². The van der Waals surface area contributed by atoms with Crippen molar-refractivity contribution in [1.82, 2.24) is 20.0 Å². The Morgan fingerprint density at radius 1 is 1.22 bits per heavy atom. The minimum Gasteiger partial charge on any atom is -0.359 e. The van der Waals surface area contributed by atoms with Crippen molar-refractivity contribution < 1.29 is 9.59 Å². The smallest absolute Gasteiger partial charge is 0.272 e. The van der Waals surface area contributed by atoms with E-state index in [9.17, 15) is 9.59 Å². The SMILES string of the molecule is CNC(=O)[C@@]1(C)CCCN(C(=O)c2c3c(nn2C)CCCC3)C1. The number of nitrogens with zero attached hydrogens (tertiary/aromatic N) is 3. The van der Waals surface area contributed by atoms with Gasteiger partial charge < -0.3 is 10.2 Å². The van der Waals surface area contributed by atoms with E-state index in [1.54, 1.807) is 11.7 Å². The van der Waals surface area contributed by atoms with E-state index in [-0.39, 0.29) is 11.8 Å². The molecule has 2 heterocycles. The molecule has 0 aromatic carbocycles. The molecule has 126 valence electrons. The Morgan fingerprint density at radius 3 is 2.70 bits per heavy atom. The highest BCUT2D eigenvalue weighted by atomic mass is 16.2. The van der Waals surface area contributed by atoms with E-state index in [0.29, 0.717) is 13.1 Å². The van der Waals surface area contributed by atoms with Gasteiger partial charge in [-0.15, -0.1) is 0 Å². The molecule has 0 saturated carbocycles. The Bertz CT molecular complexity index is 637. The zero-order chi connectivity index (χ0) is 16.6. The van der Waals surface area contributed by atoms with Crippen molar-refractivity contribution in [2.24, 2.45) is 12.5 Å². The largest absolute Gasteiger partial charge is 0.359 e. The van der Waals surface area contributed by atoms with Gasteiger partial charge in [0.1, 0.15) is 5.69 Å². The fraction of sp³-hybridized carbons (Fsp3) is 0.706. The van der Waals surface area contributed by atoms with Crippen LogP contribution in [-0.4, -0.2) is 46.6 Å². The summed E-state index contributed by atoms with van der Waals surface area (Å²) in [5, 5.41) is 7.28. The third-order valence-electron chi connectivity index (χ3n) is 5.28. The summed E-state index contributed by atoms with van der Waals surface area (Å²) in [6, 6.07) is 0. The normalized spacial score (nSPS) is 24.2. The van der Waals surface area contributed by atoms with Gasteiger partial charge in [0.05, 0.1) is 11.1 Å². The van der Waals surface area contributed by atoms with Crippen molar-refractivity contribution in [3.63, 3.8) is 0 Å². The maximum Gasteiger partial charge on any atom is 0.272 e. The number of amides is 2. The lowest BCUT2D eigenvalue weighted by Crippen LogP contribution is -2.51. The zero-order valence-electron chi connectivity index (χ0n) is 14.3. The summed E-state index contributed by atoms with van der Waals surface area (Å²) in [5.74, 6) is 0.0417. The van der Waals surface area contributed by atoms with Crippen molar-refractivity contribution in [1.29, 1.82) is 0 Å². The van der Waals surface area contributed by atoms with Gasteiger partial charge >= 0.3 is 0 Å². The first-order chi connectivity index (χ1) is 11.0. The molecule has 1 atom stereocenters. The lowest BCUT2D eigenvalue weighted by atomic mass is 9.80. The average molecular weight is 318 g/mol. The van der Waals surface area contributed by atoms with Gasteiger partial charge in [0.2, 0.25) is 5.91 Å². The van der Waals surface area contributed by atoms with E-state index in [0.717, 1.165) is 55.5 Å². The summed E-state index contributed by atoms with van der Waals surface area (Å²) in [6.07, 6.45) is 5.85. The summed E-state index contributed by atoms with van der Waals surface area (Å²) in [7, 11) is 3.51. The number of hydrogen-bond acceptors (Lipinski definition) is 3. The van der Waals surface area contributed by atoms with Gasteiger partial charge in [-0.05, 0) is 45.4 Å². The van der Waals surface area contributed by atoms with Crippen LogP contribution in [0.5, 0.6) is 0 Å². The van der Waals surface area contributed by atoms with E-state index < -0.39 is 5.41 Å². The van der Waals surface area contributed by atoms with Crippen molar-refractivity contribution in [3.05, 3.63) is 17.0 Å². The van der Waals surface area contributed by atoms with Crippen LogP contribution in [0.25, 0.3) is 0 Å². The fourth-order valence-corrected chi connectivity index (χ4v) is 4.00. The van der Waals surface area contributed by atoms with Crippen LogP contribution in [0, 0.1) is 5.41 Å². The number of likely N-dealkylation sites (tertiary alicyclic amines) is 1. The standard InChI is InChI=1S/C17H26N4O2/c1-17(16(23)18-2)9-6-10-21(11-17)15(22)14-12-7-4-5-8-13(12)19-20(14)3/h4-11H2,1-3H3,(H,18,23)/t17-/m0/s1. The Kier molecular flexibility index (Phi) is 4.17. The summed E-state index contributed by atoms with van der Waals surface area (Å²) >= 11 is 0. The minimum atomic E-state index is -0.499. The van der Waals surface area contributed by atoms with Gasteiger partial charge in [-0.25, -0.2) is 0 Å².